The van der Waals surface area contributed by atoms with Gasteiger partial charge in [0.25, 0.3) is 0 Å². The lowest BCUT2D eigenvalue weighted by Crippen LogP contribution is -2.37. The Labute approximate surface area is 116 Å². The quantitative estimate of drug-likeness (QED) is 0.904. The van der Waals surface area contributed by atoms with Crippen molar-refractivity contribution in [2.45, 2.75) is 51.4 Å². The third-order valence-electron chi connectivity index (χ3n) is 3.92. The number of aryl methyl sites for hydroxylation is 2. The Morgan fingerprint density at radius 3 is 2.11 bits per heavy atom. The van der Waals surface area contributed by atoms with Crippen LogP contribution in [0.2, 0.25) is 0 Å². The molecule has 0 saturated carbocycles. The van der Waals surface area contributed by atoms with Crippen molar-refractivity contribution in [3.05, 3.63) is 34.9 Å². The lowest BCUT2D eigenvalue weighted by atomic mass is 9.93. The van der Waals surface area contributed by atoms with Gasteiger partial charge in [0, 0.05) is 6.26 Å². The molecule has 4 heteroatoms. The van der Waals surface area contributed by atoms with E-state index in [-0.39, 0.29) is 0 Å². The topological polar surface area (TPSA) is 54.4 Å². The highest BCUT2D eigenvalue weighted by Crippen LogP contribution is 2.33. The predicted molar refractivity (Wildman–Crippen MR) is 79.1 cm³/mol. The molecule has 1 N–H and O–H groups in total. The summed E-state index contributed by atoms with van der Waals surface area (Å²) in [6.45, 7) is 7.27. The van der Waals surface area contributed by atoms with Crippen molar-refractivity contribution in [3.8, 4) is 0 Å². The fraction of sp³-hybridized carbons (Fsp3) is 0.600. The number of sulfone groups is 1. The highest BCUT2D eigenvalue weighted by Gasteiger charge is 2.39. The number of hydrogen-bond donors (Lipinski definition) is 1. The van der Waals surface area contributed by atoms with Gasteiger partial charge in [-0.05, 0) is 43.4 Å². The van der Waals surface area contributed by atoms with E-state index in [1.165, 1.54) is 11.1 Å². The lowest BCUT2D eigenvalue weighted by molar-refractivity contribution is 0.139. The average molecular weight is 284 g/mol. The molecule has 0 spiro atoms. The largest absolute Gasteiger partial charge is 0.387 e. The maximum Gasteiger partial charge on any atom is 0.155 e. The molecule has 0 radical (unpaired) electrons. The number of aliphatic hydroxyl groups excluding tert-OH is 1. The van der Waals surface area contributed by atoms with Gasteiger partial charge >= 0.3 is 0 Å². The van der Waals surface area contributed by atoms with Crippen LogP contribution < -0.4 is 0 Å². The molecule has 0 bridgehead atoms. The SMILES string of the molecule is CCc1ccc(C(O)C(C)(C)S(C)(=O)=O)cc1CC. The van der Waals surface area contributed by atoms with Gasteiger partial charge in [0.05, 0.1) is 10.9 Å². The van der Waals surface area contributed by atoms with Crippen molar-refractivity contribution in [1.82, 2.24) is 0 Å². The first-order valence-corrected chi connectivity index (χ1v) is 8.53. The molecule has 1 rings (SSSR count). The molecule has 0 aliphatic carbocycles. The van der Waals surface area contributed by atoms with Gasteiger partial charge in [0.2, 0.25) is 0 Å². The second kappa shape index (κ2) is 5.63. The van der Waals surface area contributed by atoms with Crippen LogP contribution in [0.4, 0.5) is 0 Å². The van der Waals surface area contributed by atoms with Gasteiger partial charge in [-0.3, -0.25) is 0 Å². The van der Waals surface area contributed by atoms with Crippen LogP contribution in [-0.4, -0.2) is 24.5 Å². The summed E-state index contributed by atoms with van der Waals surface area (Å²) in [4.78, 5) is 0. The zero-order valence-electron chi connectivity index (χ0n) is 12.4. The van der Waals surface area contributed by atoms with Crippen LogP contribution >= 0.6 is 0 Å². The summed E-state index contributed by atoms with van der Waals surface area (Å²) in [5.41, 5.74) is 3.09. The van der Waals surface area contributed by atoms with Gasteiger partial charge in [-0.25, -0.2) is 8.42 Å². The normalized spacial score (nSPS) is 14.4. The molecule has 3 nitrogen and oxygen atoms in total. The molecule has 108 valence electrons. The molecule has 0 aliphatic heterocycles. The molecule has 1 unspecified atom stereocenters. The first-order chi connectivity index (χ1) is 8.65. The fourth-order valence-corrected chi connectivity index (χ4v) is 2.64. The molecule has 0 aromatic heterocycles. The third-order valence-corrected chi connectivity index (χ3v) is 6.06. The Balaban J connectivity index is 3.24. The van der Waals surface area contributed by atoms with Gasteiger partial charge in [0.1, 0.15) is 0 Å². The van der Waals surface area contributed by atoms with Crippen molar-refractivity contribution in [1.29, 1.82) is 0 Å². The van der Waals surface area contributed by atoms with E-state index in [0.29, 0.717) is 5.56 Å². The van der Waals surface area contributed by atoms with E-state index in [1.54, 1.807) is 13.8 Å². The smallest absolute Gasteiger partial charge is 0.155 e. The van der Waals surface area contributed by atoms with Gasteiger partial charge in [-0.1, -0.05) is 32.0 Å². The molecular formula is C15H24O3S. The second-order valence-electron chi connectivity index (χ2n) is 5.51. The number of aliphatic hydroxyl groups is 1. The number of hydrogen-bond acceptors (Lipinski definition) is 3. The van der Waals surface area contributed by atoms with Crippen molar-refractivity contribution in [2.24, 2.45) is 0 Å². The molecule has 0 heterocycles. The fourth-order valence-electron chi connectivity index (χ4n) is 2.09. The molecule has 0 fully saturated rings. The minimum atomic E-state index is -3.34. The Morgan fingerprint density at radius 2 is 1.68 bits per heavy atom. The van der Waals surface area contributed by atoms with E-state index in [1.807, 2.05) is 18.2 Å². The minimum Gasteiger partial charge on any atom is -0.387 e. The zero-order chi connectivity index (χ0) is 14.8. The van der Waals surface area contributed by atoms with Crippen LogP contribution in [0.1, 0.15) is 50.5 Å². The van der Waals surface area contributed by atoms with Gasteiger partial charge in [-0.15, -0.1) is 0 Å². The van der Waals surface area contributed by atoms with Crippen LogP contribution in [0.5, 0.6) is 0 Å². The maximum absolute atomic E-state index is 11.8. The third kappa shape index (κ3) is 3.18. The van der Waals surface area contributed by atoms with Gasteiger partial charge in [0.15, 0.2) is 9.84 Å². The van der Waals surface area contributed by atoms with Crippen molar-refractivity contribution >= 4 is 9.84 Å². The van der Waals surface area contributed by atoms with Crippen LogP contribution in [-0.2, 0) is 22.7 Å². The predicted octanol–water partition coefficient (Wildman–Crippen LogP) is 2.67. The van der Waals surface area contributed by atoms with Crippen LogP contribution in [0.15, 0.2) is 18.2 Å². The molecule has 1 aromatic rings. The van der Waals surface area contributed by atoms with E-state index in [9.17, 15) is 13.5 Å². The molecule has 1 atom stereocenters. The molecular weight excluding hydrogens is 260 g/mol. The molecule has 1 aromatic carbocycles. The molecule has 0 aliphatic rings. The number of benzene rings is 1. The van der Waals surface area contributed by atoms with E-state index in [4.69, 9.17) is 0 Å². The van der Waals surface area contributed by atoms with Crippen molar-refractivity contribution in [2.75, 3.05) is 6.26 Å². The Morgan fingerprint density at radius 1 is 1.16 bits per heavy atom. The second-order valence-corrected chi connectivity index (χ2v) is 8.11. The summed E-state index contributed by atoms with van der Waals surface area (Å²) in [5.74, 6) is 0. The maximum atomic E-state index is 11.8. The lowest BCUT2D eigenvalue weighted by Gasteiger charge is -2.29. The van der Waals surface area contributed by atoms with E-state index in [2.05, 4.69) is 13.8 Å². The Kier molecular flexibility index (Phi) is 4.80. The summed E-state index contributed by atoms with van der Waals surface area (Å²) in [6.07, 6.45) is 1.97. The van der Waals surface area contributed by atoms with Crippen molar-refractivity contribution in [3.63, 3.8) is 0 Å². The standard InChI is InChI=1S/C15H24O3S/c1-6-11-8-9-13(10-12(11)7-2)14(16)15(3,4)19(5,17)18/h8-10,14,16H,6-7H2,1-5H3. The van der Waals surface area contributed by atoms with E-state index < -0.39 is 20.7 Å². The van der Waals surface area contributed by atoms with Crippen LogP contribution in [0.3, 0.4) is 0 Å². The van der Waals surface area contributed by atoms with E-state index >= 15 is 0 Å². The highest BCUT2D eigenvalue weighted by molar-refractivity contribution is 7.92. The van der Waals surface area contributed by atoms with Crippen LogP contribution in [0.25, 0.3) is 0 Å². The first kappa shape index (κ1) is 16.2. The monoisotopic (exact) mass is 284 g/mol. The van der Waals surface area contributed by atoms with Crippen LogP contribution in [0, 0.1) is 0 Å². The summed E-state index contributed by atoms with van der Waals surface area (Å²) < 4.78 is 22.4. The zero-order valence-corrected chi connectivity index (χ0v) is 13.2. The van der Waals surface area contributed by atoms with Gasteiger partial charge < -0.3 is 5.11 Å². The summed E-state index contributed by atoms with van der Waals surface area (Å²) >= 11 is 0. The Hall–Kier alpha value is -0.870. The summed E-state index contributed by atoms with van der Waals surface area (Å²) in [5, 5.41) is 10.4. The first-order valence-electron chi connectivity index (χ1n) is 6.64. The summed E-state index contributed by atoms with van der Waals surface area (Å²) in [6, 6.07) is 5.74. The number of rotatable bonds is 5. The molecule has 0 amide bonds. The van der Waals surface area contributed by atoms with Gasteiger partial charge in [-0.2, -0.15) is 0 Å². The summed E-state index contributed by atoms with van der Waals surface area (Å²) in [7, 11) is -3.34. The highest BCUT2D eigenvalue weighted by atomic mass is 32.2. The van der Waals surface area contributed by atoms with Crippen molar-refractivity contribution < 1.29 is 13.5 Å². The minimum absolute atomic E-state index is 0.671. The van der Waals surface area contributed by atoms with E-state index in [0.717, 1.165) is 19.1 Å². The Bertz CT molecular complexity index is 545. The molecule has 19 heavy (non-hydrogen) atoms. The molecule has 0 saturated heterocycles. The average Bonchev–Trinajstić information content (AvgIpc) is 2.35.